The zero-order valence-electron chi connectivity index (χ0n) is 11.4. The summed E-state index contributed by atoms with van der Waals surface area (Å²) < 4.78 is 42.7. The van der Waals surface area contributed by atoms with Crippen molar-refractivity contribution in [3.8, 4) is 5.75 Å². The molecule has 4 nitrogen and oxygen atoms in total. The highest BCUT2D eigenvalue weighted by atomic mass is 19.4. The highest BCUT2D eigenvalue weighted by molar-refractivity contribution is 5.77. The maximum Gasteiger partial charge on any atom is 0.416 e. The van der Waals surface area contributed by atoms with Gasteiger partial charge in [-0.15, -0.1) is 0 Å². The predicted octanol–water partition coefficient (Wildman–Crippen LogP) is 2.80. The van der Waals surface area contributed by atoms with Gasteiger partial charge < -0.3 is 10.1 Å². The number of alkyl halides is 3. The van der Waals surface area contributed by atoms with Crippen molar-refractivity contribution in [3.63, 3.8) is 0 Å². The van der Waals surface area contributed by atoms with Gasteiger partial charge >= 0.3 is 6.18 Å². The normalized spacial score (nSPS) is 11.0. The minimum atomic E-state index is -4.44. The van der Waals surface area contributed by atoms with Crippen LogP contribution < -0.4 is 10.1 Å². The van der Waals surface area contributed by atoms with Crippen LogP contribution in [-0.2, 0) is 17.5 Å². The van der Waals surface area contributed by atoms with E-state index in [9.17, 15) is 18.0 Å². The molecule has 1 aromatic carbocycles. The van der Waals surface area contributed by atoms with Gasteiger partial charge in [-0.2, -0.15) is 13.2 Å². The number of nitrogens with zero attached hydrogens (tertiary/aromatic N) is 1. The Kier molecular flexibility index (Phi) is 4.98. The van der Waals surface area contributed by atoms with Crippen molar-refractivity contribution >= 4 is 5.91 Å². The molecule has 0 bridgehead atoms. The molecule has 0 fully saturated rings. The topological polar surface area (TPSA) is 51.2 Å². The first-order valence-electron chi connectivity index (χ1n) is 6.42. The molecule has 0 saturated carbocycles. The van der Waals surface area contributed by atoms with E-state index in [1.54, 1.807) is 24.4 Å². The van der Waals surface area contributed by atoms with Crippen molar-refractivity contribution in [2.24, 2.45) is 0 Å². The first-order valence-corrected chi connectivity index (χ1v) is 6.42. The van der Waals surface area contributed by atoms with Crippen molar-refractivity contribution < 1.29 is 22.7 Å². The number of amides is 1. The van der Waals surface area contributed by atoms with E-state index < -0.39 is 17.6 Å². The molecule has 22 heavy (non-hydrogen) atoms. The number of benzene rings is 1. The SMILES string of the molecule is O=C(COc1cccc(C(F)(F)F)c1)NCc1ccccn1. The van der Waals surface area contributed by atoms with E-state index in [-0.39, 0.29) is 18.9 Å². The molecule has 1 amide bonds. The molecule has 0 aliphatic heterocycles. The van der Waals surface area contributed by atoms with Crippen molar-refractivity contribution in [2.45, 2.75) is 12.7 Å². The number of carbonyl (C=O) groups excluding carboxylic acids is 1. The van der Waals surface area contributed by atoms with Crippen LogP contribution in [0.4, 0.5) is 13.2 Å². The fourth-order valence-corrected chi connectivity index (χ4v) is 1.65. The van der Waals surface area contributed by atoms with Gasteiger partial charge in [-0.3, -0.25) is 9.78 Å². The lowest BCUT2D eigenvalue weighted by molar-refractivity contribution is -0.137. The van der Waals surface area contributed by atoms with Crippen LogP contribution in [-0.4, -0.2) is 17.5 Å². The van der Waals surface area contributed by atoms with Crippen LogP contribution >= 0.6 is 0 Å². The summed E-state index contributed by atoms with van der Waals surface area (Å²) in [5.41, 5.74) is -0.145. The van der Waals surface area contributed by atoms with Gasteiger partial charge in [0, 0.05) is 6.20 Å². The van der Waals surface area contributed by atoms with Crippen LogP contribution in [0, 0.1) is 0 Å². The molecule has 2 rings (SSSR count). The second-order valence-electron chi connectivity index (χ2n) is 4.41. The maximum absolute atomic E-state index is 12.5. The van der Waals surface area contributed by atoms with E-state index >= 15 is 0 Å². The Hall–Kier alpha value is -2.57. The van der Waals surface area contributed by atoms with Gasteiger partial charge in [-0.05, 0) is 30.3 Å². The summed E-state index contributed by atoms with van der Waals surface area (Å²) >= 11 is 0. The van der Waals surface area contributed by atoms with Gasteiger partial charge in [0.05, 0.1) is 17.8 Å². The van der Waals surface area contributed by atoms with E-state index in [2.05, 4.69) is 10.3 Å². The van der Waals surface area contributed by atoms with Crippen molar-refractivity contribution in [3.05, 3.63) is 59.9 Å². The summed E-state index contributed by atoms with van der Waals surface area (Å²) in [5, 5.41) is 2.57. The van der Waals surface area contributed by atoms with E-state index in [0.717, 1.165) is 12.1 Å². The predicted molar refractivity (Wildman–Crippen MR) is 73.0 cm³/mol. The second-order valence-corrected chi connectivity index (χ2v) is 4.41. The molecule has 0 atom stereocenters. The molecular weight excluding hydrogens is 297 g/mol. The zero-order chi connectivity index (χ0) is 16.0. The summed E-state index contributed by atoms with van der Waals surface area (Å²) in [4.78, 5) is 15.6. The molecule has 1 heterocycles. The Balaban J connectivity index is 1.84. The Morgan fingerprint density at radius 3 is 2.68 bits per heavy atom. The molecule has 1 aromatic heterocycles. The number of aromatic nitrogens is 1. The molecule has 7 heteroatoms. The third kappa shape index (κ3) is 4.76. The summed E-state index contributed by atoms with van der Waals surface area (Å²) in [6.07, 6.45) is -2.85. The molecule has 2 aromatic rings. The highest BCUT2D eigenvalue weighted by Crippen LogP contribution is 2.31. The van der Waals surface area contributed by atoms with Gasteiger partial charge in [-0.1, -0.05) is 12.1 Å². The molecule has 0 saturated heterocycles. The largest absolute Gasteiger partial charge is 0.484 e. The van der Waals surface area contributed by atoms with Gasteiger partial charge in [-0.25, -0.2) is 0 Å². The average molecular weight is 310 g/mol. The number of halogens is 3. The minimum absolute atomic E-state index is 0.0113. The Morgan fingerprint density at radius 2 is 2.00 bits per heavy atom. The number of hydrogen-bond acceptors (Lipinski definition) is 3. The molecular formula is C15H13F3N2O2. The summed E-state index contributed by atoms with van der Waals surface area (Å²) in [6, 6.07) is 9.66. The van der Waals surface area contributed by atoms with E-state index in [0.29, 0.717) is 5.69 Å². The summed E-state index contributed by atoms with van der Waals surface area (Å²) in [7, 11) is 0. The average Bonchev–Trinajstić information content (AvgIpc) is 2.51. The zero-order valence-corrected chi connectivity index (χ0v) is 11.4. The lowest BCUT2D eigenvalue weighted by atomic mass is 10.2. The van der Waals surface area contributed by atoms with Crippen molar-refractivity contribution in [1.29, 1.82) is 0 Å². The number of hydrogen-bond donors (Lipinski definition) is 1. The monoisotopic (exact) mass is 310 g/mol. The number of nitrogens with one attached hydrogen (secondary N) is 1. The van der Waals surface area contributed by atoms with Crippen LogP contribution in [0.15, 0.2) is 48.7 Å². The van der Waals surface area contributed by atoms with Crippen LogP contribution in [0.2, 0.25) is 0 Å². The van der Waals surface area contributed by atoms with E-state index in [4.69, 9.17) is 4.74 Å². The molecule has 116 valence electrons. The highest BCUT2D eigenvalue weighted by Gasteiger charge is 2.30. The molecule has 0 aliphatic carbocycles. The van der Waals surface area contributed by atoms with Crippen LogP contribution in [0.3, 0.4) is 0 Å². The number of carbonyl (C=O) groups is 1. The molecule has 0 radical (unpaired) electrons. The molecule has 0 aliphatic rings. The lowest BCUT2D eigenvalue weighted by Gasteiger charge is -2.10. The first-order chi connectivity index (χ1) is 10.4. The lowest BCUT2D eigenvalue weighted by Crippen LogP contribution is -2.28. The maximum atomic E-state index is 12.5. The van der Waals surface area contributed by atoms with Crippen LogP contribution in [0.25, 0.3) is 0 Å². The van der Waals surface area contributed by atoms with Gasteiger partial charge in [0.2, 0.25) is 0 Å². The molecule has 0 spiro atoms. The molecule has 0 unspecified atom stereocenters. The Labute approximate surface area is 124 Å². The van der Waals surface area contributed by atoms with Gasteiger partial charge in [0.25, 0.3) is 5.91 Å². The van der Waals surface area contributed by atoms with Gasteiger partial charge in [0.1, 0.15) is 5.75 Å². The third-order valence-electron chi connectivity index (χ3n) is 2.72. The van der Waals surface area contributed by atoms with Crippen LogP contribution in [0.1, 0.15) is 11.3 Å². The van der Waals surface area contributed by atoms with E-state index in [1.807, 2.05) is 0 Å². The fourth-order valence-electron chi connectivity index (χ4n) is 1.65. The molecule has 1 N–H and O–H groups in total. The second kappa shape index (κ2) is 6.93. The van der Waals surface area contributed by atoms with Crippen molar-refractivity contribution in [1.82, 2.24) is 10.3 Å². The quantitative estimate of drug-likeness (QED) is 0.924. The smallest absolute Gasteiger partial charge is 0.416 e. The summed E-state index contributed by atoms with van der Waals surface area (Å²) in [6.45, 7) is -0.139. The number of ether oxygens (including phenoxy) is 1. The number of pyridine rings is 1. The number of rotatable bonds is 5. The first kappa shape index (κ1) is 15.8. The summed E-state index contributed by atoms with van der Waals surface area (Å²) in [5.74, 6) is -0.453. The third-order valence-corrected chi connectivity index (χ3v) is 2.72. The van der Waals surface area contributed by atoms with Crippen LogP contribution in [0.5, 0.6) is 5.75 Å². The Morgan fingerprint density at radius 1 is 1.18 bits per heavy atom. The van der Waals surface area contributed by atoms with Gasteiger partial charge in [0.15, 0.2) is 6.61 Å². The standard InChI is InChI=1S/C15H13F3N2O2/c16-15(17,18)11-4-3-6-13(8-11)22-10-14(21)20-9-12-5-1-2-7-19-12/h1-8H,9-10H2,(H,20,21). The Bertz CT molecular complexity index is 630. The van der Waals surface area contributed by atoms with Crippen molar-refractivity contribution in [2.75, 3.05) is 6.61 Å². The minimum Gasteiger partial charge on any atom is -0.484 e. The fraction of sp³-hybridized carbons (Fsp3) is 0.200. The van der Waals surface area contributed by atoms with E-state index in [1.165, 1.54) is 12.1 Å².